The number of esters is 4. The number of hydrogen-bond donors (Lipinski definition) is 1. The van der Waals surface area contributed by atoms with Gasteiger partial charge in [0.2, 0.25) is 11.4 Å². The van der Waals surface area contributed by atoms with Crippen molar-refractivity contribution in [2.45, 2.75) is 70.9 Å². The third-order valence-electron chi connectivity index (χ3n) is 6.33. The van der Waals surface area contributed by atoms with Crippen molar-refractivity contribution in [1.82, 2.24) is 4.90 Å². The number of aliphatic hydroxyl groups is 1. The second-order valence-electron chi connectivity index (χ2n) is 9.10. The number of carbonyl (C=O) groups is 5. The van der Waals surface area contributed by atoms with Gasteiger partial charge in [-0.1, -0.05) is 13.0 Å². The Hall–Kier alpha value is -2.79. The summed E-state index contributed by atoms with van der Waals surface area (Å²) in [6.07, 6.45) is -1.43. The summed E-state index contributed by atoms with van der Waals surface area (Å²) in [7, 11) is 1.80. The van der Waals surface area contributed by atoms with Gasteiger partial charge in [0.25, 0.3) is 0 Å². The molecule has 34 heavy (non-hydrogen) atoms. The molecule has 0 saturated carbocycles. The van der Waals surface area contributed by atoms with Crippen LogP contribution in [-0.2, 0) is 42.9 Å². The van der Waals surface area contributed by atoms with Crippen LogP contribution in [0.3, 0.4) is 0 Å². The standard InChI is InChI=1S/C23H33NO10/c1-13-11-23(30,14(2)32-15(3)25)21(29)33-18-8-10-24(6)9-7-17(19(18)27)12-31-20(28)22(13,5)34-16(4)26/h7,13-14,18,30H,8-12H2,1-6H3/b17-7-. The molecule has 2 aliphatic heterocycles. The van der Waals surface area contributed by atoms with Gasteiger partial charge in [-0.05, 0) is 27.3 Å². The molecule has 0 aromatic rings. The monoisotopic (exact) mass is 483 g/mol. The summed E-state index contributed by atoms with van der Waals surface area (Å²) in [5, 5.41) is 11.4. The summed E-state index contributed by atoms with van der Waals surface area (Å²) < 4.78 is 21.2. The van der Waals surface area contributed by atoms with Gasteiger partial charge in [-0.3, -0.25) is 14.4 Å². The third-order valence-corrected chi connectivity index (χ3v) is 6.33. The van der Waals surface area contributed by atoms with Crippen LogP contribution in [0.25, 0.3) is 0 Å². The van der Waals surface area contributed by atoms with Crippen molar-refractivity contribution < 1.29 is 48.0 Å². The van der Waals surface area contributed by atoms with E-state index in [-0.39, 0.29) is 12.0 Å². The first-order valence-corrected chi connectivity index (χ1v) is 11.1. The maximum absolute atomic E-state index is 13.3. The first-order chi connectivity index (χ1) is 15.7. The number of Topliss-reactive ketones (excluding diaryl/α,β-unsaturated/α-hetero) is 1. The predicted octanol–water partition coefficient (Wildman–Crippen LogP) is 0.317. The summed E-state index contributed by atoms with van der Waals surface area (Å²) in [5.74, 6) is -5.25. The molecule has 5 unspecified atom stereocenters. The van der Waals surface area contributed by atoms with Crippen LogP contribution in [0.1, 0.15) is 47.5 Å². The molecule has 5 atom stereocenters. The van der Waals surface area contributed by atoms with Crippen molar-refractivity contribution in [3.8, 4) is 0 Å². The summed E-state index contributed by atoms with van der Waals surface area (Å²) in [4.78, 5) is 64.8. The van der Waals surface area contributed by atoms with E-state index in [0.29, 0.717) is 13.1 Å². The second kappa shape index (κ2) is 10.6. The van der Waals surface area contributed by atoms with Crippen LogP contribution in [0.4, 0.5) is 0 Å². The fourth-order valence-electron chi connectivity index (χ4n) is 3.96. The number of rotatable bonds is 3. The van der Waals surface area contributed by atoms with Gasteiger partial charge in [-0.25, -0.2) is 9.59 Å². The van der Waals surface area contributed by atoms with E-state index < -0.39 is 72.0 Å². The Morgan fingerprint density at radius 3 is 2.44 bits per heavy atom. The SMILES string of the molecule is CC(=O)OC(C)C1(O)CC(C)C(C)(OC(C)=O)C(=O)OC/C2=C/CN(C)CCC(OC1=O)C2=O. The molecule has 0 aromatic carbocycles. The average molecular weight is 484 g/mol. The molecule has 11 nitrogen and oxygen atoms in total. The smallest absolute Gasteiger partial charge is 0.350 e. The molecule has 1 fully saturated rings. The second-order valence-corrected chi connectivity index (χ2v) is 9.10. The zero-order valence-electron chi connectivity index (χ0n) is 20.4. The van der Waals surface area contributed by atoms with Gasteiger partial charge >= 0.3 is 23.9 Å². The number of likely N-dealkylation sites (N-methyl/N-ethyl adjacent to an activating group) is 1. The molecule has 0 spiro atoms. The number of ketones is 1. The van der Waals surface area contributed by atoms with Gasteiger partial charge in [-0.15, -0.1) is 0 Å². The highest BCUT2D eigenvalue weighted by molar-refractivity contribution is 6.01. The molecule has 2 bridgehead atoms. The molecule has 11 heteroatoms. The number of fused-ring (bicyclic) bond motifs is 2. The van der Waals surface area contributed by atoms with Crippen molar-refractivity contribution in [3.05, 3.63) is 11.6 Å². The highest BCUT2D eigenvalue weighted by Crippen LogP contribution is 2.35. The van der Waals surface area contributed by atoms with Crippen molar-refractivity contribution in [1.29, 1.82) is 0 Å². The van der Waals surface area contributed by atoms with Crippen LogP contribution in [-0.4, -0.2) is 89.8 Å². The molecular weight excluding hydrogens is 450 g/mol. The molecule has 0 amide bonds. The average Bonchev–Trinajstić information content (AvgIpc) is 2.72. The minimum Gasteiger partial charge on any atom is -0.459 e. The Labute approximate surface area is 198 Å². The molecule has 0 aromatic heterocycles. The lowest BCUT2D eigenvalue weighted by atomic mass is 9.78. The molecule has 0 aliphatic carbocycles. The van der Waals surface area contributed by atoms with Gasteiger partial charge in [0.15, 0.2) is 11.7 Å². The molecule has 2 rings (SSSR count). The maximum atomic E-state index is 13.3. The van der Waals surface area contributed by atoms with Gasteiger partial charge in [0, 0.05) is 44.8 Å². The Morgan fingerprint density at radius 1 is 1.21 bits per heavy atom. The van der Waals surface area contributed by atoms with Crippen LogP contribution in [0.2, 0.25) is 0 Å². The van der Waals surface area contributed by atoms with Crippen LogP contribution in [0.15, 0.2) is 11.6 Å². The van der Waals surface area contributed by atoms with E-state index in [2.05, 4.69) is 0 Å². The molecule has 1 saturated heterocycles. The number of hydrogen-bond acceptors (Lipinski definition) is 11. The van der Waals surface area contributed by atoms with Crippen LogP contribution < -0.4 is 0 Å². The molecule has 190 valence electrons. The molecule has 0 radical (unpaired) electrons. The largest absolute Gasteiger partial charge is 0.459 e. The van der Waals surface area contributed by atoms with Gasteiger partial charge in [0.05, 0.1) is 0 Å². The summed E-state index contributed by atoms with van der Waals surface area (Å²) >= 11 is 0. The van der Waals surface area contributed by atoms with Gasteiger partial charge in [0.1, 0.15) is 12.7 Å². The van der Waals surface area contributed by atoms with E-state index in [9.17, 15) is 29.1 Å². The van der Waals surface area contributed by atoms with E-state index >= 15 is 0 Å². The van der Waals surface area contributed by atoms with E-state index in [1.165, 1.54) is 20.8 Å². The first kappa shape index (κ1) is 27.5. The molecular formula is C23H33NO10. The summed E-state index contributed by atoms with van der Waals surface area (Å²) in [6.45, 7) is 6.68. The third kappa shape index (κ3) is 6.01. The lowest BCUT2D eigenvalue weighted by Gasteiger charge is -2.39. The summed E-state index contributed by atoms with van der Waals surface area (Å²) in [5.41, 5.74) is -4.27. The number of cyclic esters (lactones) is 1. The van der Waals surface area contributed by atoms with E-state index in [1.54, 1.807) is 13.1 Å². The fourth-order valence-corrected chi connectivity index (χ4v) is 3.96. The minimum absolute atomic E-state index is 0.104. The van der Waals surface area contributed by atoms with Crippen molar-refractivity contribution in [2.75, 3.05) is 26.7 Å². The lowest BCUT2D eigenvalue weighted by molar-refractivity contribution is -0.203. The fraction of sp³-hybridized carbons (Fsp3) is 0.696. The quantitative estimate of drug-likeness (QED) is 0.437. The van der Waals surface area contributed by atoms with E-state index in [1.807, 2.05) is 4.90 Å². The zero-order valence-corrected chi connectivity index (χ0v) is 20.4. The topological polar surface area (TPSA) is 146 Å². The van der Waals surface area contributed by atoms with Crippen LogP contribution in [0.5, 0.6) is 0 Å². The van der Waals surface area contributed by atoms with Crippen molar-refractivity contribution in [2.24, 2.45) is 5.92 Å². The highest BCUT2D eigenvalue weighted by Gasteiger charge is 2.54. The molecule has 2 aliphatic rings. The van der Waals surface area contributed by atoms with Crippen molar-refractivity contribution >= 4 is 29.7 Å². The normalized spacial score (nSPS) is 34.0. The molecule has 2 heterocycles. The Balaban J connectivity index is 2.61. The first-order valence-electron chi connectivity index (χ1n) is 11.1. The Kier molecular flexibility index (Phi) is 8.59. The number of ether oxygens (including phenoxy) is 4. The van der Waals surface area contributed by atoms with Gasteiger partial charge in [-0.2, -0.15) is 0 Å². The number of nitrogens with zero attached hydrogens (tertiary/aromatic N) is 1. The minimum atomic E-state index is -2.45. The predicted molar refractivity (Wildman–Crippen MR) is 116 cm³/mol. The Bertz CT molecular complexity index is 883. The number of carbonyl (C=O) groups excluding carboxylic acids is 5. The van der Waals surface area contributed by atoms with Crippen LogP contribution >= 0.6 is 0 Å². The van der Waals surface area contributed by atoms with E-state index in [4.69, 9.17) is 18.9 Å². The van der Waals surface area contributed by atoms with Crippen molar-refractivity contribution in [3.63, 3.8) is 0 Å². The zero-order chi connectivity index (χ0) is 25.8. The summed E-state index contributed by atoms with van der Waals surface area (Å²) in [6, 6.07) is 0. The maximum Gasteiger partial charge on any atom is 0.350 e. The highest BCUT2D eigenvalue weighted by atomic mass is 16.6. The lowest BCUT2D eigenvalue weighted by Crippen LogP contribution is -2.57. The Morgan fingerprint density at radius 2 is 1.85 bits per heavy atom. The van der Waals surface area contributed by atoms with E-state index in [0.717, 1.165) is 13.8 Å². The van der Waals surface area contributed by atoms with Gasteiger partial charge < -0.3 is 29.0 Å². The van der Waals surface area contributed by atoms with Crippen LogP contribution in [0, 0.1) is 5.92 Å². The molecule has 1 N–H and O–H groups in total.